The molecule has 1 N–H and O–H groups in total. The number of likely N-dealkylation sites (N-methyl/N-ethyl adjacent to an activating group) is 1. The SMILES string of the molecule is CC/C=C\C/C=C\C/C=C\C/C=C\C/C=C\C/C=C\C/C=C\C/C=C\CCCCCCCCCCC(=O)OC(COC(=O)CCCCCCCCCCCCCCCCCCCC/C=C\C/C=C\C/C=C\C/C=C\C/C=C\C/C=C\CC)COP(=O)(O)OCC[N+](C)(C)C. The number of esters is 2. The predicted octanol–water partition coefficient (Wildman–Crippen LogP) is 25.3. The lowest BCUT2D eigenvalue weighted by Crippen LogP contribution is -2.37. The number of carbonyl (C=O) groups excluding carboxylic acids is 2. The number of ether oxygens (including phenoxy) is 2. The molecule has 2 unspecified atom stereocenters. The zero-order valence-corrected chi connectivity index (χ0v) is 61.8. The Labute approximate surface area is 578 Å². The van der Waals surface area contributed by atoms with Crippen LogP contribution in [0.3, 0.4) is 0 Å². The Morgan fingerprint density at radius 3 is 0.851 bits per heavy atom. The third-order valence-corrected chi connectivity index (χ3v) is 16.7. The van der Waals surface area contributed by atoms with Gasteiger partial charge in [0.1, 0.15) is 19.8 Å². The van der Waals surface area contributed by atoms with Crippen LogP contribution in [0.1, 0.15) is 296 Å². The summed E-state index contributed by atoms with van der Waals surface area (Å²) in [6.45, 7) is 4.20. The maximum Gasteiger partial charge on any atom is 0.472 e. The molecule has 0 fully saturated rings. The van der Waals surface area contributed by atoms with Gasteiger partial charge in [-0.25, -0.2) is 4.57 Å². The number of phosphoric acid groups is 1. The van der Waals surface area contributed by atoms with Gasteiger partial charge < -0.3 is 18.9 Å². The largest absolute Gasteiger partial charge is 0.472 e. The number of phosphoric ester groups is 1. The van der Waals surface area contributed by atoms with Crippen LogP contribution in [-0.2, 0) is 32.7 Å². The van der Waals surface area contributed by atoms with E-state index in [0.717, 1.165) is 135 Å². The Hall–Kier alpha value is -4.63. The first-order valence-corrected chi connectivity index (χ1v) is 39.4. The van der Waals surface area contributed by atoms with Crippen LogP contribution in [0.5, 0.6) is 0 Å². The molecule has 0 aromatic heterocycles. The van der Waals surface area contributed by atoms with E-state index in [0.29, 0.717) is 17.4 Å². The van der Waals surface area contributed by atoms with E-state index in [1.807, 2.05) is 21.1 Å². The van der Waals surface area contributed by atoms with Crippen molar-refractivity contribution in [3.63, 3.8) is 0 Å². The highest BCUT2D eigenvalue weighted by Gasteiger charge is 2.27. The Morgan fingerprint density at radius 1 is 0.330 bits per heavy atom. The van der Waals surface area contributed by atoms with Gasteiger partial charge in [0.2, 0.25) is 0 Å². The second kappa shape index (κ2) is 72.6. The van der Waals surface area contributed by atoms with Crippen molar-refractivity contribution in [2.45, 2.75) is 302 Å². The standard InChI is InChI=1S/C84H140NO8P/c1-6-8-10-12-14-16-18-20-22-24-26-28-30-32-34-36-38-40-41-42-43-45-46-48-50-52-54-56-58-60-62-64-66-68-70-72-74-76-83(86)90-80-82(81-92-94(88,89)91-79-78-85(3,4)5)93-84(87)77-75-73-71-69-67-65-63-61-59-57-55-53-51-49-47-44-39-37-35-33-31-29-27-25-23-21-19-17-15-13-11-9-7-2/h8-11,14-17,20-23,26-29,32-35,38-40,44,49,51,55,57,82H,6-7,12-13,18-19,24-25,30-31,36-37,41-43,45-48,50,52-54,56,58-81H2,1-5H3/p+1/b10-8-,11-9-,16-14-,17-15-,22-20-,23-21-,28-26-,29-27-,34-32-,35-33-,40-38-,44-39-,51-49-,57-55-. The molecule has 0 saturated heterocycles. The molecule has 0 radical (unpaired) electrons. The van der Waals surface area contributed by atoms with Gasteiger partial charge in [0, 0.05) is 12.8 Å². The molecule has 0 heterocycles. The lowest BCUT2D eigenvalue weighted by Gasteiger charge is -2.24. The molecule has 0 rings (SSSR count). The zero-order chi connectivity index (χ0) is 68.3. The van der Waals surface area contributed by atoms with Crippen LogP contribution in [0, 0.1) is 0 Å². The van der Waals surface area contributed by atoms with Crippen molar-refractivity contribution >= 4 is 19.8 Å². The van der Waals surface area contributed by atoms with Crippen LogP contribution >= 0.6 is 7.82 Å². The highest BCUT2D eigenvalue weighted by atomic mass is 31.2. The molecule has 534 valence electrons. The molecule has 94 heavy (non-hydrogen) atoms. The van der Waals surface area contributed by atoms with Crippen LogP contribution in [0.2, 0.25) is 0 Å². The third-order valence-electron chi connectivity index (χ3n) is 15.7. The summed E-state index contributed by atoms with van der Waals surface area (Å²) in [7, 11) is 1.46. The highest BCUT2D eigenvalue weighted by Crippen LogP contribution is 2.43. The Kier molecular flexibility index (Phi) is 69.1. The van der Waals surface area contributed by atoms with E-state index in [2.05, 4.69) is 184 Å². The second-order valence-electron chi connectivity index (χ2n) is 25.9. The maximum absolute atomic E-state index is 12.9. The average molecular weight is 1320 g/mol. The van der Waals surface area contributed by atoms with E-state index in [4.69, 9.17) is 18.5 Å². The van der Waals surface area contributed by atoms with E-state index in [1.54, 1.807) is 0 Å². The molecule has 0 spiro atoms. The first kappa shape index (κ1) is 89.4. The van der Waals surface area contributed by atoms with Gasteiger partial charge in [0.15, 0.2) is 6.10 Å². The number of unbranched alkanes of at least 4 members (excludes halogenated alkanes) is 26. The van der Waals surface area contributed by atoms with E-state index >= 15 is 0 Å². The molecule has 0 bridgehead atoms. The number of rotatable bonds is 68. The zero-order valence-electron chi connectivity index (χ0n) is 60.9. The lowest BCUT2D eigenvalue weighted by atomic mass is 10.0. The molecule has 10 heteroatoms. The molecule has 0 aliphatic rings. The Bertz CT molecular complexity index is 2200. The second-order valence-corrected chi connectivity index (χ2v) is 27.4. The molecular formula is C84H141NO8P+. The van der Waals surface area contributed by atoms with Crippen molar-refractivity contribution in [3.8, 4) is 0 Å². The third kappa shape index (κ3) is 76.4. The molecule has 0 aliphatic carbocycles. The fourth-order valence-corrected chi connectivity index (χ4v) is 10.8. The molecule has 9 nitrogen and oxygen atoms in total. The van der Waals surface area contributed by atoms with Gasteiger partial charge in [-0.2, -0.15) is 0 Å². The smallest absolute Gasteiger partial charge is 0.462 e. The van der Waals surface area contributed by atoms with Gasteiger partial charge in [-0.3, -0.25) is 18.6 Å². The monoisotopic (exact) mass is 1320 g/mol. The predicted molar refractivity (Wildman–Crippen MR) is 408 cm³/mol. The molecule has 0 amide bonds. The van der Waals surface area contributed by atoms with Crippen molar-refractivity contribution in [1.29, 1.82) is 0 Å². The van der Waals surface area contributed by atoms with Gasteiger partial charge in [-0.05, 0) is 128 Å². The van der Waals surface area contributed by atoms with E-state index in [-0.39, 0.29) is 32.0 Å². The van der Waals surface area contributed by atoms with Gasteiger partial charge in [0.05, 0.1) is 27.7 Å². The van der Waals surface area contributed by atoms with E-state index < -0.39 is 26.5 Å². The normalized spacial score (nSPS) is 14.1. The average Bonchev–Trinajstić information content (AvgIpc) is 1.56. The number of allylic oxidation sites excluding steroid dienone is 28. The van der Waals surface area contributed by atoms with Crippen molar-refractivity contribution in [1.82, 2.24) is 0 Å². The first-order valence-electron chi connectivity index (χ1n) is 37.9. The minimum Gasteiger partial charge on any atom is -0.462 e. The summed E-state index contributed by atoms with van der Waals surface area (Å²) in [4.78, 5) is 36.0. The number of hydrogen-bond acceptors (Lipinski definition) is 7. The van der Waals surface area contributed by atoms with Crippen LogP contribution < -0.4 is 0 Å². The number of hydrogen-bond donors (Lipinski definition) is 1. The van der Waals surface area contributed by atoms with Crippen molar-refractivity contribution < 1.29 is 42.1 Å². The topological polar surface area (TPSA) is 108 Å². The summed E-state index contributed by atoms with van der Waals surface area (Å²) in [6.07, 6.45) is 110. The quantitative estimate of drug-likeness (QED) is 0.0211. The summed E-state index contributed by atoms with van der Waals surface area (Å²) >= 11 is 0. The Morgan fingerprint density at radius 2 is 0.574 bits per heavy atom. The molecule has 0 aliphatic heterocycles. The Balaban J connectivity index is 4.06. The fraction of sp³-hybridized carbons (Fsp3) is 0.643. The van der Waals surface area contributed by atoms with E-state index in [1.165, 1.54) is 128 Å². The van der Waals surface area contributed by atoms with Gasteiger partial charge in [0.25, 0.3) is 0 Å². The van der Waals surface area contributed by atoms with Crippen LogP contribution in [0.25, 0.3) is 0 Å². The van der Waals surface area contributed by atoms with Crippen LogP contribution in [0.15, 0.2) is 170 Å². The number of nitrogens with zero attached hydrogens (tertiary/aromatic N) is 1. The molecule has 0 saturated carbocycles. The van der Waals surface area contributed by atoms with Crippen molar-refractivity contribution in [3.05, 3.63) is 170 Å². The summed E-state index contributed by atoms with van der Waals surface area (Å²) in [6, 6.07) is 0. The van der Waals surface area contributed by atoms with Gasteiger partial charge >= 0.3 is 19.8 Å². The summed E-state index contributed by atoms with van der Waals surface area (Å²) in [5.41, 5.74) is 0. The summed E-state index contributed by atoms with van der Waals surface area (Å²) in [5, 5.41) is 0. The molecular weight excluding hydrogens is 1180 g/mol. The molecule has 2 atom stereocenters. The molecule has 0 aromatic rings. The van der Waals surface area contributed by atoms with Crippen LogP contribution in [-0.4, -0.2) is 74.9 Å². The number of quaternary nitrogens is 1. The minimum absolute atomic E-state index is 0.0230. The summed E-state index contributed by atoms with van der Waals surface area (Å²) in [5.74, 6) is -0.809. The van der Waals surface area contributed by atoms with Crippen LogP contribution in [0.4, 0.5) is 0 Å². The van der Waals surface area contributed by atoms with Crippen molar-refractivity contribution in [2.24, 2.45) is 0 Å². The summed E-state index contributed by atoms with van der Waals surface area (Å²) < 4.78 is 34.8. The maximum atomic E-state index is 12.9. The van der Waals surface area contributed by atoms with Gasteiger partial charge in [-0.1, -0.05) is 325 Å². The van der Waals surface area contributed by atoms with Crippen molar-refractivity contribution in [2.75, 3.05) is 47.5 Å². The highest BCUT2D eigenvalue weighted by molar-refractivity contribution is 7.47. The first-order chi connectivity index (χ1) is 46.0. The number of carbonyl (C=O) groups is 2. The lowest BCUT2D eigenvalue weighted by molar-refractivity contribution is -0.870. The van der Waals surface area contributed by atoms with E-state index in [9.17, 15) is 19.0 Å². The minimum atomic E-state index is -4.41. The van der Waals surface area contributed by atoms with Gasteiger partial charge in [-0.15, -0.1) is 0 Å². The fourth-order valence-electron chi connectivity index (χ4n) is 10.0. The molecule has 0 aromatic carbocycles.